The molecule has 0 aliphatic carbocycles. The fraction of sp³-hybridized carbons (Fsp3) is 0.818. The van der Waals surface area contributed by atoms with Crippen LogP contribution in [0.1, 0.15) is 33.6 Å². The van der Waals surface area contributed by atoms with E-state index in [1.165, 1.54) is 14.0 Å². The molecule has 0 aromatic rings. The van der Waals surface area contributed by atoms with E-state index in [1.54, 1.807) is 6.92 Å². The van der Waals surface area contributed by atoms with Crippen LogP contribution in [0, 0.1) is 5.41 Å². The van der Waals surface area contributed by atoms with Crippen molar-refractivity contribution in [3.05, 3.63) is 0 Å². The number of ketones is 1. The van der Waals surface area contributed by atoms with Gasteiger partial charge in [-0.2, -0.15) is 0 Å². The predicted octanol–water partition coefficient (Wildman–Crippen LogP) is 1.57. The number of rotatable bonds is 7. The van der Waals surface area contributed by atoms with E-state index < -0.39 is 5.41 Å². The van der Waals surface area contributed by atoms with Crippen LogP contribution in [0.5, 0.6) is 0 Å². The Labute approximate surface area is 90.9 Å². The van der Waals surface area contributed by atoms with Crippen molar-refractivity contribution >= 4 is 11.8 Å². The van der Waals surface area contributed by atoms with E-state index in [4.69, 9.17) is 9.47 Å². The zero-order valence-corrected chi connectivity index (χ0v) is 9.96. The van der Waals surface area contributed by atoms with Gasteiger partial charge >= 0.3 is 5.97 Å². The van der Waals surface area contributed by atoms with Crippen molar-refractivity contribution < 1.29 is 19.1 Å². The van der Waals surface area contributed by atoms with Gasteiger partial charge in [-0.05, 0) is 13.3 Å². The van der Waals surface area contributed by atoms with Gasteiger partial charge in [0.1, 0.15) is 12.4 Å². The molecule has 1 atom stereocenters. The zero-order valence-electron chi connectivity index (χ0n) is 9.96. The van der Waals surface area contributed by atoms with Crippen LogP contribution in [-0.4, -0.2) is 32.1 Å². The van der Waals surface area contributed by atoms with Crippen molar-refractivity contribution in [2.75, 3.05) is 20.3 Å². The van der Waals surface area contributed by atoms with Gasteiger partial charge in [-0.3, -0.25) is 9.59 Å². The summed E-state index contributed by atoms with van der Waals surface area (Å²) in [7, 11) is 1.53. The number of carbonyl (C=O) groups is 2. The third kappa shape index (κ3) is 4.93. The van der Waals surface area contributed by atoms with Crippen molar-refractivity contribution in [3.63, 3.8) is 0 Å². The molecule has 0 aromatic heterocycles. The molecule has 0 radical (unpaired) electrons. The van der Waals surface area contributed by atoms with Gasteiger partial charge in [0.2, 0.25) is 0 Å². The fourth-order valence-electron chi connectivity index (χ4n) is 1.31. The molecular weight excluding hydrogens is 196 g/mol. The lowest BCUT2D eigenvalue weighted by Gasteiger charge is -2.26. The molecule has 0 aliphatic heterocycles. The van der Waals surface area contributed by atoms with E-state index in [0.717, 1.165) is 6.42 Å². The lowest BCUT2D eigenvalue weighted by molar-refractivity contribution is -0.149. The predicted molar refractivity (Wildman–Crippen MR) is 56.5 cm³/mol. The molecule has 0 amide bonds. The highest BCUT2D eigenvalue weighted by Gasteiger charge is 2.33. The van der Waals surface area contributed by atoms with Gasteiger partial charge in [-0.15, -0.1) is 0 Å². The third-order valence-electron chi connectivity index (χ3n) is 2.21. The second-order valence-electron chi connectivity index (χ2n) is 3.95. The highest BCUT2D eigenvalue weighted by molar-refractivity contribution is 5.85. The molecule has 0 fully saturated rings. The van der Waals surface area contributed by atoms with Crippen LogP contribution < -0.4 is 0 Å². The first-order valence-electron chi connectivity index (χ1n) is 5.12. The highest BCUT2D eigenvalue weighted by atomic mass is 16.5. The number of methoxy groups -OCH3 is 1. The third-order valence-corrected chi connectivity index (χ3v) is 2.21. The Kier molecular flexibility index (Phi) is 6.17. The summed E-state index contributed by atoms with van der Waals surface area (Å²) >= 11 is 0. The van der Waals surface area contributed by atoms with E-state index in [9.17, 15) is 9.59 Å². The lowest BCUT2D eigenvalue weighted by Crippen LogP contribution is -2.37. The minimum absolute atomic E-state index is 0.0769. The zero-order chi connectivity index (χ0) is 11.9. The Morgan fingerprint density at radius 3 is 2.27 bits per heavy atom. The minimum Gasteiger partial charge on any atom is -0.465 e. The second kappa shape index (κ2) is 6.56. The summed E-state index contributed by atoms with van der Waals surface area (Å²) in [6.45, 7) is 5.40. The summed E-state index contributed by atoms with van der Waals surface area (Å²) in [6.07, 6.45) is 1.28. The van der Waals surface area contributed by atoms with E-state index in [-0.39, 0.29) is 25.0 Å². The van der Waals surface area contributed by atoms with Crippen molar-refractivity contribution in [1.29, 1.82) is 0 Å². The maximum absolute atomic E-state index is 11.8. The number of ether oxygens (including phenoxy) is 2. The normalized spacial score (nSPS) is 14.4. The van der Waals surface area contributed by atoms with Crippen LogP contribution in [-0.2, 0) is 19.1 Å². The molecule has 1 unspecified atom stereocenters. The molecule has 0 N–H and O–H groups in total. The van der Waals surface area contributed by atoms with Gasteiger partial charge in [0.05, 0.1) is 12.0 Å². The van der Waals surface area contributed by atoms with E-state index in [0.29, 0.717) is 6.42 Å². The second-order valence-corrected chi connectivity index (χ2v) is 3.95. The monoisotopic (exact) mass is 216 g/mol. The topological polar surface area (TPSA) is 52.6 Å². The van der Waals surface area contributed by atoms with Crippen molar-refractivity contribution in [3.8, 4) is 0 Å². The molecule has 0 saturated heterocycles. The van der Waals surface area contributed by atoms with E-state index in [1.807, 2.05) is 6.92 Å². The van der Waals surface area contributed by atoms with Crippen LogP contribution in [0.15, 0.2) is 0 Å². The maximum Gasteiger partial charge on any atom is 0.302 e. The molecule has 0 aromatic carbocycles. The molecule has 0 rings (SSSR count). The largest absolute Gasteiger partial charge is 0.465 e. The fourth-order valence-corrected chi connectivity index (χ4v) is 1.31. The Morgan fingerprint density at radius 1 is 1.27 bits per heavy atom. The molecule has 4 nitrogen and oxygen atoms in total. The summed E-state index contributed by atoms with van der Waals surface area (Å²) in [5, 5.41) is 0. The lowest BCUT2D eigenvalue weighted by atomic mass is 9.85. The SMILES string of the molecule is CCCC(=O)C(C)(COC)COC(C)=O. The molecule has 0 bridgehead atoms. The number of hydrogen-bond donors (Lipinski definition) is 0. The summed E-state index contributed by atoms with van der Waals surface area (Å²) < 4.78 is 9.88. The van der Waals surface area contributed by atoms with Crippen LogP contribution >= 0.6 is 0 Å². The number of hydrogen-bond acceptors (Lipinski definition) is 4. The van der Waals surface area contributed by atoms with E-state index >= 15 is 0 Å². The smallest absolute Gasteiger partial charge is 0.302 e. The number of esters is 1. The van der Waals surface area contributed by atoms with Crippen molar-refractivity contribution in [2.45, 2.75) is 33.6 Å². The van der Waals surface area contributed by atoms with Crippen LogP contribution in [0.3, 0.4) is 0 Å². The minimum atomic E-state index is -0.712. The van der Waals surface area contributed by atoms with Crippen LogP contribution in [0.2, 0.25) is 0 Å². The summed E-state index contributed by atoms with van der Waals surface area (Å²) in [5.41, 5.74) is -0.712. The first kappa shape index (κ1) is 14.1. The highest BCUT2D eigenvalue weighted by Crippen LogP contribution is 2.21. The van der Waals surface area contributed by atoms with Crippen molar-refractivity contribution in [2.24, 2.45) is 5.41 Å². The molecule has 0 heterocycles. The Balaban J connectivity index is 4.42. The van der Waals surface area contributed by atoms with Gasteiger partial charge in [0.15, 0.2) is 0 Å². The summed E-state index contributed by atoms with van der Waals surface area (Å²) in [6, 6.07) is 0. The number of carbonyl (C=O) groups excluding carboxylic acids is 2. The first-order chi connectivity index (χ1) is 6.96. The van der Waals surface area contributed by atoms with Gasteiger partial charge < -0.3 is 9.47 Å². The van der Waals surface area contributed by atoms with Gasteiger partial charge in [-0.25, -0.2) is 0 Å². The Bertz CT molecular complexity index is 225. The van der Waals surface area contributed by atoms with Gasteiger partial charge in [0, 0.05) is 20.5 Å². The molecule has 0 saturated carbocycles. The molecule has 88 valence electrons. The molecular formula is C11H20O4. The summed E-state index contributed by atoms with van der Waals surface area (Å²) in [5.74, 6) is -0.297. The van der Waals surface area contributed by atoms with Crippen LogP contribution in [0.4, 0.5) is 0 Å². The Hall–Kier alpha value is -0.900. The average Bonchev–Trinajstić information content (AvgIpc) is 2.15. The van der Waals surface area contributed by atoms with Gasteiger partial charge in [-0.1, -0.05) is 6.92 Å². The van der Waals surface area contributed by atoms with Gasteiger partial charge in [0.25, 0.3) is 0 Å². The maximum atomic E-state index is 11.8. The van der Waals surface area contributed by atoms with Crippen molar-refractivity contribution in [1.82, 2.24) is 0 Å². The molecule has 4 heteroatoms. The quantitative estimate of drug-likeness (QED) is 0.606. The van der Waals surface area contributed by atoms with Crippen LogP contribution in [0.25, 0.3) is 0 Å². The molecule has 15 heavy (non-hydrogen) atoms. The molecule has 0 aliphatic rings. The Morgan fingerprint density at radius 2 is 1.87 bits per heavy atom. The number of Topliss-reactive ketones (excluding diaryl/α,β-unsaturated/α-hetero) is 1. The van der Waals surface area contributed by atoms with E-state index in [2.05, 4.69) is 0 Å². The standard InChI is InChI=1S/C11H20O4/c1-5-6-10(13)11(3,7-14-4)8-15-9(2)12/h5-8H2,1-4H3. The summed E-state index contributed by atoms with van der Waals surface area (Å²) in [4.78, 5) is 22.5. The average molecular weight is 216 g/mol. The molecule has 0 spiro atoms. The first-order valence-corrected chi connectivity index (χ1v) is 5.12.